The first-order chi connectivity index (χ1) is 9.15. The molecule has 0 aliphatic carbocycles. The standard InChI is InChI=1S/C11H11F2N3OS2/c12-7-1-2-9(8(13)5-7)17-3-4-19-6-10-14-11(18)16-15-10/h1-2,5H,3-4,6H2,(H2,14,15,16,18). The number of ether oxygens (including phenoxy) is 1. The predicted octanol–water partition coefficient (Wildman–Crippen LogP) is 3.06. The van der Waals surface area contributed by atoms with Crippen molar-refractivity contribution in [3.63, 3.8) is 0 Å². The fraction of sp³-hybridized carbons (Fsp3) is 0.273. The SMILES string of the molecule is Fc1ccc(OCCSCc2n[nH]c(=S)[nH]2)c(F)c1. The number of aromatic nitrogens is 3. The summed E-state index contributed by atoms with van der Waals surface area (Å²) in [6, 6.07) is 3.24. The number of hydrogen-bond acceptors (Lipinski definition) is 4. The van der Waals surface area contributed by atoms with E-state index in [-0.39, 0.29) is 5.75 Å². The fourth-order valence-electron chi connectivity index (χ4n) is 1.35. The highest BCUT2D eigenvalue weighted by atomic mass is 32.2. The highest BCUT2D eigenvalue weighted by Crippen LogP contribution is 2.18. The molecule has 0 aliphatic rings. The summed E-state index contributed by atoms with van der Waals surface area (Å²) in [6.07, 6.45) is 0. The van der Waals surface area contributed by atoms with Gasteiger partial charge in [-0.05, 0) is 24.4 Å². The summed E-state index contributed by atoms with van der Waals surface area (Å²) >= 11 is 6.41. The lowest BCUT2D eigenvalue weighted by molar-refractivity contribution is 0.323. The van der Waals surface area contributed by atoms with Gasteiger partial charge in [0.05, 0.1) is 12.4 Å². The van der Waals surface area contributed by atoms with E-state index in [1.54, 1.807) is 11.8 Å². The Morgan fingerprint density at radius 1 is 1.37 bits per heavy atom. The maximum absolute atomic E-state index is 13.2. The molecule has 0 unspecified atom stereocenters. The van der Waals surface area contributed by atoms with Gasteiger partial charge in [0, 0.05) is 11.8 Å². The Labute approximate surface area is 117 Å². The Bertz CT molecular complexity index is 600. The first-order valence-electron chi connectivity index (χ1n) is 5.44. The van der Waals surface area contributed by atoms with E-state index in [1.165, 1.54) is 6.07 Å². The van der Waals surface area contributed by atoms with Crippen LogP contribution in [0, 0.1) is 16.4 Å². The lowest BCUT2D eigenvalue weighted by atomic mass is 10.3. The Kier molecular flexibility index (Phi) is 4.92. The number of aromatic amines is 2. The zero-order valence-electron chi connectivity index (χ0n) is 9.78. The van der Waals surface area contributed by atoms with Gasteiger partial charge in [-0.1, -0.05) is 0 Å². The zero-order valence-corrected chi connectivity index (χ0v) is 11.4. The Morgan fingerprint density at radius 3 is 2.89 bits per heavy atom. The lowest BCUT2D eigenvalue weighted by Gasteiger charge is -2.06. The third-order valence-corrected chi connectivity index (χ3v) is 3.29. The van der Waals surface area contributed by atoms with E-state index < -0.39 is 11.6 Å². The van der Waals surface area contributed by atoms with Gasteiger partial charge < -0.3 is 9.72 Å². The fourth-order valence-corrected chi connectivity index (χ4v) is 2.18. The summed E-state index contributed by atoms with van der Waals surface area (Å²) in [7, 11) is 0. The van der Waals surface area contributed by atoms with E-state index in [0.29, 0.717) is 22.9 Å². The number of thioether (sulfide) groups is 1. The van der Waals surface area contributed by atoms with Crippen LogP contribution in [-0.4, -0.2) is 27.5 Å². The maximum atomic E-state index is 13.2. The summed E-state index contributed by atoms with van der Waals surface area (Å²) in [4.78, 5) is 2.88. The molecule has 1 heterocycles. The molecule has 0 saturated heterocycles. The lowest BCUT2D eigenvalue weighted by Crippen LogP contribution is -2.02. The molecule has 0 fully saturated rings. The molecule has 1 aromatic carbocycles. The van der Waals surface area contributed by atoms with Gasteiger partial charge in [0.1, 0.15) is 11.6 Å². The summed E-state index contributed by atoms with van der Waals surface area (Å²) < 4.78 is 31.6. The van der Waals surface area contributed by atoms with E-state index in [9.17, 15) is 8.78 Å². The largest absolute Gasteiger partial charge is 0.490 e. The average Bonchev–Trinajstić information content (AvgIpc) is 2.77. The molecule has 102 valence electrons. The second-order valence-corrected chi connectivity index (χ2v) is 5.11. The van der Waals surface area contributed by atoms with Crippen LogP contribution in [0.25, 0.3) is 0 Å². The molecule has 19 heavy (non-hydrogen) atoms. The highest BCUT2D eigenvalue weighted by Gasteiger charge is 2.04. The average molecular weight is 303 g/mol. The van der Waals surface area contributed by atoms with Crippen molar-refractivity contribution in [3.05, 3.63) is 40.4 Å². The normalized spacial score (nSPS) is 10.6. The molecule has 2 rings (SSSR count). The van der Waals surface area contributed by atoms with Crippen molar-refractivity contribution in [1.82, 2.24) is 15.2 Å². The smallest absolute Gasteiger partial charge is 0.192 e. The zero-order chi connectivity index (χ0) is 13.7. The van der Waals surface area contributed by atoms with E-state index >= 15 is 0 Å². The summed E-state index contributed by atoms with van der Waals surface area (Å²) in [5.74, 6) is 0.811. The monoisotopic (exact) mass is 303 g/mol. The number of hydrogen-bond donors (Lipinski definition) is 2. The van der Waals surface area contributed by atoms with Crippen LogP contribution >= 0.6 is 24.0 Å². The van der Waals surface area contributed by atoms with Crippen LogP contribution in [0.15, 0.2) is 18.2 Å². The molecule has 0 amide bonds. The van der Waals surface area contributed by atoms with Gasteiger partial charge in [0.2, 0.25) is 0 Å². The molecule has 0 bridgehead atoms. The summed E-state index contributed by atoms with van der Waals surface area (Å²) in [5, 5.41) is 6.58. The molecule has 2 N–H and O–H groups in total. The van der Waals surface area contributed by atoms with Crippen molar-refractivity contribution in [3.8, 4) is 5.75 Å². The van der Waals surface area contributed by atoms with Crippen LogP contribution in [0.5, 0.6) is 5.75 Å². The van der Waals surface area contributed by atoms with Crippen LogP contribution in [0.1, 0.15) is 5.82 Å². The van der Waals surface area contributed by atoms with Gasteiger partial charge in [0.15, 0.2) is 16.3 Å². The van der Waals surface area contributed by atoms with E-state index in [1.807, 2.05) is 0 Å². The van der Waals surface area contributed by atoms with Crippen LogP contribution in [-0.2, 0) is 5.75 Å². The minimum atomic E-state index is -0.693. The second kappa shape index (κ2) is 6.67. The van der Waals surface area contributed by atoms with Crippen LogP contribution in [0.3, 0.4) is 0 Å². The third kappa shape index (κ3) is 4.32. The third-order valence-electron chi connectivity index (χ3n) is 2.17. The molecule has 1 aromatic heterocycles. The van der Waals surface area contributed by atoms with Crippen molar-refractivity contribution in [1.29, 1.82) is 0 Å². The molecule has 4 nitrogen and oxygen atoms in total. The highest BCUT2D eigenvalue weighted by molar-refractivity contribution is 7.98. The van der Waals surface area contributed by atoms with Crippen molar-refractivity contribution in [2.45, 2.75) is 5.75 Å². The van der Waals surface area contributed by atoms with Gasteiger partial charge in [-0.25, -0.2) is 8.78 Å². The van der Waals surface area contributed by atoms with Crippen LogP contribution < -0.4 is 4.74 Å². The molecule has 0 saturated carbocycles. The van der Waals surface area contributed by atoms with E-state index in [2.05, 4.69) is 15.2 Å². The first-order valence-corrected chi connectivity index (χ1v) is 7.00. The summed E-state index contributed by atoms with van der Waals surface area (Å²) in [5.41, 5.74) is 0. The maximum Gasteiger partial charge on any atom is 0.192 e. The molecule has 0 spiro atoms. The number of nitrogens with zero attached hydrogens (tertiary/aromatic N) is 1. The van der Waals surface area contributed by atoms with E-state index in [0.717, 1.165) is 18.0 Å². The quantitative estimate of drug-likeness (QED) is 0.636. The molecule has 0 aliphatic heterocycles. The Hall–Kier alpha value is -1.41. The van der Waals surface area contributed by atoms with Crippen molar-refractivity contribution >= 4 is 24.0 Å². The Morgan fingerprint density at radius 2 is 2.21 bits per heavy atom. The first kappa shape index (κ1) is 14.0. The van der Waals surface area contributed by atoms with Gasteiger partial charge in [-0.3, -0.25) is 5.10 Å². The van der Waals surface area contributed by atoms with Crippen molar-refractivity contribution in [2.24, 2.45) is 0 Å². The predicted molar refractivity (Wildman–Crippen MR) is 71.8 cm³/mol. The van der Waals surface area contributed by atoms with Crippen LogP contribution in [0.4, 0.5) is 8.78 Å². The van der Waals surface area contributed by atoms with Crippen LogP contribution in [0.2, 0.25) is 0 Å². The van der Waals surface area contributed by atoms with E-state index in [4.69, 9.17) is 17.0 Å². The van der Waals surface area contributed by atoms with Crippen molar-refractivity contribution < 1.29 is 13.5 Å². The number of H-pyrrole nitrogens is 2. The number of benzene rings is 1. The topological polar surface area (TPSA) is 53.7 Å². The van der Waals surface area contributed by atoms with Gasteiger partial charge >= 0.3 is 0 Å². The molecular weight excluding hydrogens is 292 g/mol. The molecule has 0 atom stereocenters. The number of rotatable bonds is 6. The Balaban J connectivity index is 1.70. The van der Waals surface area contributed by atoms with Gasteiger partial charge in [0.25, 0.3) is 0 Å². The number of halogens is 2. The molecular formula is C11H11F2N3OS2. The summed E-state index contributed by atoms with van der Waals surface area (Å²) in [6.45, 7) is 0.332. The van der Waals surface area contributed by atoms with Gasteiger partial charge in [-0.15, -0.1) is 0 Å². The second-order valence-electron chi connectivity index (χ2n) is 3.60. The minimum absolute atomic E-state index is 0.0566. The molecule has 0 radical (unpaired) electrons. The molecule has 2 aromatic rings. The number of nitrogens with one attached hydrogen (secondary N) is 2. The van der Waals surface area contributed by atoms with Gasteiger partial charge in [-0.2, -0.15) is 16.9 Å². The minimum Gasteiger partial charge on any atom is -0.490 e. The molecule has 8 heteroatoms. The van der Waals surface area contributed by atoms with Crippen molar-refractivity contribution in [2.75, 3.05) is 12.4 Å².